The van der Waals surface area contributed by atoms with E-state index in [0.29, 0.717) is 5.15 Å². The van der Waals surface area contributed by atoms with Crippen molar-refractivity contribution in [3.05, 3.63) is 35.4 Å². The Bertz CT molecular complexity index is 436. The van der Waals surface area contributed by atoms with E-state index in [1.54, 1.807) is 6.33 Å². The molecule has 0 aliphatic heterocycles. The highest BCUT2D eigenvalue weighted by Crippen LogP contribution is 2.16. The summed E-state index contributed by atoms with van der Waals surface area (Å²) in [7, 11) is 1.95. The first-order valence-electron chi connectivity index (χ1n) is 4.58. The average molecular weight is 210 g/mol. The molecule has 0 amide bonds. The number of aromatic nitrogens is 2. The highest BCUT2D eigenvalue weighted by Gasteiger charge is 2.03. The van der Waals surface area contributed by atoms with Gasteiger partial charge in [-0.25, -0.2) is 4.98 Å². The second-order valence-corrected chi connectivity index (χ2v) is 3.52. The molecular formula is C10H12ClN3. The van der Waals surface area contributed by atoms with Gasteiger partial charge in [-0.2, -0.15) is 0 Å². The fraction of sp³-hybridized carbons (Fsp3) is 0.300. The number of nitrogens with zero attached hydrogens (tertiary/aromatic N) is 2. The van der Waals surface area contributed by atoms with Crippen LogP contribution in [0.15, 0.2) is 24.5 Å². The van der Waals surface area contributed by atoms with E-state index in [2.05, 4.69) is 16.4 Å². The Labute approximate surface area is 87.7 Å². The number of hydrogen-bond acceptors (Lipinski definition) is 2. The molecule has 0 bridgehead atoms. The molecule has 0 unspecified atom stereocenters. The minimum absolute atomic E-state index is 0.566. The summed E-state index contributed by atoms with van der Waals surface area (Å²) in [6, 6.07) is 6.06. The minimum atomic E-state index is 0.566. The van der Waals surface area contributed by atoms with Gasteiger partial charge in [0.2, 0.25) is 0 Å². The molecule has 0 fully saturated rings. The van der Waals surface area contributed by atoms with E-state index in [1.165, 1.54) is 5.69 Å². The summed E-state index contributed by atoms with van der Waals surface area (Å²) in [5.41, 5.74) is 2.19. The van der Waals surface area contributed by atoms with E-state index < -0.39 is 0 Å². The zero-order valence-electron chi connectivity index (χ0n) is 8.00. The third-order valence-electron chi connectivity index (χ3n) is 2.24. The Morgan fingerprint density at radius 1 is 1.50 bits per heavy atom. The van der Waals surface area contributed by atoms with Crippen LogP contribution in [0.2, 0.25) is 5.15 Å². The molecule has 74 valence electrons. The maximum atomic E-state index is 5.93. The number of nitrogens with one attached hydrogen (secondary N) is 1. The second-order valence-electron chi connectivity index (χ2n) is 3.16. The Balaban J connectivity index is 2.44. The van der Waals surface area contributed by atoms with Crippen LogP contribution in [0, 0.1) is 0 Å². The Hall–Kier alpha value is -1.06. The lowest BCUT2D eigenvalue weighted by atomic mass is 10.2. The van der Waals surface area contributed by atoms with Crippen molar-refractivity contribution in [2.24, 2.45) is 0 Å². The van der Waals surface area contributed by atoms with E-state index in [9.17, 15) is 0 Å². The van der Waals surface area contributed by atoms with Gasteiger partial charge in [-0.15, -0.1) is 0 Å². The molecule has 2 aromatic heterocycles. The van der Waals surface area contributed by atoms with Crippen molar-refractivity contribution in [3.63, 3.8) is 0 Å². The van der Waals surface area contributed by atoms with E-state index in [0.717, 1.165) is 18.5 Å². The van der Waals surface area contributed by atoms with Crippen LogP contribution >= 0.6 is 11.6 Å². The number of rotatable bonds is 3. The summed E-state index contributed by atoms with van der Waals surface area (Å²) in [6.45, 7) is 0.953. The number of halogens is 1. The lowest BCUT2D eigenvalue weighted by Crippen LogP contribution is -2.12. The first-order chi connectivity index (χ1) is 6.83. The normalized spacial score (nSPS) is 11.0. The van der Waals surface area contributed by atoms with Crippen molar-refractivity contribution < 1.29 is 0 Å². The van der Waals surface area contributed by atoms with Crippen LogP contribution in [-0.4, -0.2) is 23.0 Å². The third-order valence-corrected chi connectivity index (χ3v) is 2.53. The molecule has 2 heterocycles. The molecule has 0 saturated carbocycles. The van der Waals surface area contributed by atoms with Crippen molar-refractivity contribution in [1.29, 1.82) is 0 Å². The zero-order chi connectivity index (χ0) is 9.97. The molecule has 2 aromatic rings. The molecule has 2 rings (SSSR count). The summed E-state index contributed by atoms with van der Waals surface area (Å²) in [4.78, 5) is 4.07. The highest BCUT2D eigenvalue weighted by atomic mass is 35.5. The highest BCUT2D eigenvalue weighted by molar-refractivity contribution is 6.32. The largest absolute Gasteiger partial charge is 0.319 e. The molecule has 0 aliphatic carbocycles. The van der Waals surface area contributed by atoms with Crippen LogP contribution < -0.4 is 5.32 Å². The van der Waals surface area contributed by atoms with Gasteiger partial charge in [0.05, 0.1) is 5.52 Å². The smallest absolute Gasteiger partial charge is 0.154 e. The van der Waals surface area contributed by atoms with E-state index in [4.69, 9.17) is 11.6 Å². The number of imidazole rings is 1. The third kappa shape index (κ3) is 1.61. The molecular weight excluding hydrogens is 198 g/mol. The number of hydrogen-bond donors (Lipinski definition) is 1. The van der Waals surface area contributed by atoms with Gasteiger partial charge in [0.25, 0.3) is 0 Å². The van der Waals surface area contributed by atoms with Gasteiger partial charge in [-0.1, -0.05) is 17.7 Å². The van der Waals surface area contributed by atoms with Crippen LogP contribution in [0.3, 0.4) is 0 Å². The van der Waals surface area contributed by atoms with Gasteiger partial charge in [-0.3, -0.25) is 0 Å². The van der Waals surface area contributed by atoms with Crippen LogP contribution in [0.4, 0.5) is 0 Å². The molecule has 0 atom stereocenters. The van der Waals surface area contributed by atoms with Crippen LogP contribution in [0.1, 0.15) is 5.69 Å². The maximum Gasteiger partial charge on any atom is 0.154 e. The minimum Gasteiger partial charge on any atom is -0.319 e. The summed E-state index contributed by atoms with van der Waals surface area (Å²) in [5.74, 6) is 0. The lowest BCUT2D eigenvalue weighted by molar-refractivity contribution is 0.767. The summed E-state index contributed by atoms with van der Waals surface area (Å²) < 4.78 is 2.03. The molecule has 3 nitrogen and oxygen atoms in total. The van der Waals surface area contributed by atoms with Gasteiger partial charge in [0.1, 0.15) is 6.33 Å². The number of pyridine rings is 1. The van der Waals surface area contributed by atoms with Gasteiger partial charge < -0.3 is 9.72 Å². The summed E-state index contributed by atoms with van der Waals surface area (Å²) in [5, 5.41) is 3.69. The maximum absolute atomic E-state index is 5.93. The summed E-state index contributed by atoms with van der Waals surface area (Å²) in [6.07, 6.45) is 2.74. The SMILES string of the molecule is CNCCc1cccc2c(Cl)ncn12. The number of likely N-dealkylation sites (N-methyl/N-ethyl adjacent to an activating group) is 1. The van der Waals surface area contributed by atoms with Crippen LogP contribution in [-0.2, 0) is 6.42 Å². The molecule has 0 aliphatic rings. The molecule has 0 radical (unpaired) electrons. The van der Waals surface area contributed by atoms with Crippen LogP contribution in [0.5, 0.6) is 0 Å². The monoisotopic (exact) mass is 209 g/mol. The first kappa shape index (κ1) is 9.49. The van der Waals surface area contributed by atoms with E-state index >= 15 is 0 Å². The predicted octanol–water partition coefficient (Wildman–Crippen LogP) is 1.75. The van der Waals surface area contributed by atoms with Crippen molar-refractivity contribution in [1.82, 2.24) is 14.7 Å². The lowest BCUT2D eigenvalue weighted by Gasteiger charge is -2.04. The second kappa shape index (κ2) is 3.98. The first-order valence-corrected chi connectivity index (χ1v) is 4.96. The molecule has 0 aromatic carbocycles. The number of fused-ring (bicyclic) bond motifs is 1. The molecule has 0 spiro atoms. The van der Waals surface area contributed by atoms with Gasteiger partial charge >= 0.3 is 0 Å². The Kier molecular flexibility index (Phi) is 2.70. The zero-order valence-corrected chi connectivity index (χ0v) is 8.75. The molecule has 4 heteroatoms. The van der Waals surface area contributed by atoms with Gasteiger partial charge in [0.15, 0.2) is 5.15 Å². The van der Waals surface area contributed by atoms with E-state index in [-0.39, 0.29) is 0 Å². The fourth-order valence-electron chi connectivity index (χ4n) is 1.50. The predicted molar refractivity (Wildman–Crippen MR) is 57.8 cm³/mol. The van der Waals surface area contributed by atoms with Crippen molar-refractivity contribution in [3.8, 4) is 0 Å². The quantitative estimate of drug-likeness (QED) is 0.835. The summed E-state index contributed by atoms with van der Waals surface area (Å²) >= 11 is 5.93. The Morgan fingerprint density at radius 3 is 3.14 bits per heavy atom. The molecule has 1 N–H and O–H groups in total. The Morgan fingerprint density at radius 2 is 2.36 bits per heavy atom. The molecule has 14 heavy (non-hydrogen) atoms. The average Bonchev–Trinajstić information content (AvgIpc) is 2.58. The van der Waals surface area contributed by atoms with E-state index in [1.807, 2.05) is 23.6 Å². The standard InChI is InChI=1S/C10H12ClN3/c1-12-6-5-8-3-2-4-9-10(11)13-7-14(8)9/h2-4,7,12H,5-6H2,1H3. The molecule has 0 saturated heterocycles. The van der Waals surface area contributed by atoms with Crippen molar-refractivity contribution >= 4 is 17.1 Å². The van der Waals surface area contributed by atoms with Gasteiger partial charge in [0, 0.05) is 18.7 Å². The van der Waals surface area contributed by atoms with Crippen molar-refractivity contribution in [2.75, 3.05) is 13.6 Å². The topological polar surface area (TPSA) is 29.3 Å². The van der Waals surface area contributed by atoms with Crippen molar-refractivity contribution in [2.45, 2.75) is 6.42 Å². The fourth-order valence-corrected chi connectivity index (χ4v) is 1.70. The van der Waals surface area contributed by atoms with Gasteiger partial charge in [-0.05, 0) is 19.2 Å². The van der Waals surface area contributed by atoms with Crippen LogP contribution in [0.25, 0.3) is 5.52 Å².